The topological polar surface area (TPSA) is 106 Å². The fraction of sp³-hybridized carbons (Fsp3) is 0.320. The number of thiophene rings is 1. The molecule has 0 radical (unpaired) electrons. The maximum absolute atomic E-state index is 13.7. The van der Waals surface area contributed by atoms with E-state index in [-0.39, 0.29) is 30.7 Å². The minimum absolute atomic E-state index is 0.123. The molecule has 0 aliphatic carbocycles. The highest BCUT2D eigenvalue weighted by Crippen LogP contribution is 2.30. The van der Waals surface area contributed by atoms with Crippen molar-refractivity contribution >= 4 is 34.8 Å². The zero-order chi connectivity index (χ0) is 25.9. The van der Waals surface area contributed by atoms with Crippen LogP contribution in [0.5, 0.6) is 0 Å². The van der Waals surface area contributed by atoms with Crippen molar-refractivity contribution < 1.29 is 14.0 Å². The Morgan fingerprint density at radius 1 is 1.17 bits per heavy atom. The molecule has 1 aromatic carbocycles. The first kappa shape index (κ1) is 25.6. The van der Waals surface area contributed by atoms with E-state index in [9.17, 15) is 9.59 Å². The summed E-state index contributed by atoms with van der Waals surface area (Å²) in [6, 6.07) is 13.6. The molecular weight excluding hydrogens is 500 g/mol. The zero-order valence-corrected chi connectivity index (χ0v) is 22.0. The molecule has 0 aliphatic heterocycles. The van der Waals surface area contributed by atoms with E-state index in [0.29, 0.717) is 16.5 Å². The molecule has 3 heterocycles. The number of tetrazole rings is 1. The highest BCUT2D eigenvalue weighted by Gasteiger charge is 2.34. The molecule has 188 valence electrons. The van der Waals surface area contributed by atoms with E-state index in [1.165, 1.54) is 21.0 Å². The number of aryl methyl sites for hydroxylation is 1. The molecule has 0 bridgehead atoms. The molecular formula is C25H27ClN6O3S. The Labute approximate surface area is 218 Å². The second-order valence-electron chi connectivity index (χ2n) is 9.32. The van der Waals surface area contributed by atoms with E-state index in [2.05, 4.69) is 20.7 Å². The van der Waals surface area contributed by atoms with Gasteiger partial charge in [-0.05, 0) is 68.1 Å². The summed E-state index contributed by atoms with van der Waals surface area (Å²) in [6.45, 7) is 7.41. The SMILES string of the molecule is Cc1ccc(-c2nnn(CC(=O)N(Cc3ccccc3Cl)[C@H](C(=O)NC(C)(C)C)c3cccs3)n2)o1. The lowest BCUT2D eigenvalue weighted by Gasteiger charge is -2.33. The third kappa shape index (κ3) is 6.19. The molecule has 11 heteroatoms. The number of hydrogen-bond donors (Lipinski definition) is 1. The summed E-state index contributed by atoms with van der Waals surface area (Å²) in [4.78, 5) is 30.7. The predicted molar refractivity (Wildman–Crippen MR) is 137 cm³/mol. The highest BCUT2D eigenvalue weighted by molar-refractivity contribution is 7.10. The van der Waals surface area contributed by atoms with E-state index in [0.717, 1.165) is 10.4 Å². The maximum Gasteiger partial charge on any atom is 0.248 e. The van der Waals surface area contributed by atoms with Crippen molar-refractivity contribution in [2.45, 2.75) is 52.4 Å². The fourth-order valence-electron chi connectivity index (χ4n) is 3.62. The van der Waals surface area contributed by atoms with E-state index in [1.807, 2.05) is 63.4 Å². The van der Waals surface area contributed by atoms with Crippen LogP contribution in [0.2, 0.25) is 5.02 Å². The van der Waals surface area contributed by atoms with Gasteiger partial charge in [0.15, 0.2) is 5.76 Å². The Morgan fingerprint density at radius 3 is 2.58 bits per heavy atom. The van der Waals surface area contributed by atoms with Gasteiger partial charge in [-0.25, -0.2) is 0 Å². The molecule has 1 atom stereocenters. The van der Waals surface area contributed by atoms with Crippen molar-refractivity contribution in [3.05, 3.63) is 75.1 Å². The average Bonchev–Trinajstić information content (AvgIpc) is 3.56. The van der Waals surface area contributed by atoms with Crippen LogP contribution in [0.25, 0.3) is 11.6 Å². The molecule has 0 unspecified atom stereocenters. The van der Waals surface area contributed by atoms with Gasteiger partial charge in [0.2, 0.25) is 17.6 Å². The highest BCUT2D eigenvalue weighted by atomic mass is 35.5. The lowest BCUT2D eigenvalue weighted by atomic mass is 10.1. The van der Waals surface area contributed by atoms with E-state index < -0.39 is 11.6 Å². The average molecular weight is 527 g/mol. The van der Waals surface area contributed by atoms with Crippen LogP contribution in [0.1, 0.15) is 43.0 Å². The normalized spacial score (nSPS) is 12.4. The van der Waals surface area contributed by atoms with Gasteiger partial charge in [-0.15, -0.1) is 21.5 Å². The first-order chi connectivity index (χ1) is 17.1. The molecule has 0 spiro atoms. The quantitative estimate of drug-likeness (QED) is 0.358. The summed E-state index contributed by atoms with van der Waals surface area (Å²) < 4.78 is 5.55. The second kappa shape index (κ2) is 10.6. The molecule has 4 aromatic rings. The van der Waals surface area contributed by atoms with Gasteiger partial charge in [0, 0.05) is 22.0 Å². The lowest BCUT2D eigenvalue weighted by molar-refractivity contribution is -0.143. The van der Waals surface area contributed by atoms with E-state index in [1.54, 1.807) is 18.2 Å². The summed E-state index contributed by atoms with van der Waals surface area (Å²) in [5.74, 6) is 0.793. The molecule has 1 N–H and O–H groups in total. The number of carbonyl (C=O) groups excluding carboxylic acids is 2. The summed E-state index contributed by atoms with van der Waals surface area (Å²) in [7, 11) is 0. The van der Waals surface area contributed by atoms with Crippen molar-refractivity contribution in [2.24, 2.45) is 0 Å². The number of aromatic nitrogens is 4. The number of amides is 2. The smallest absolute Gasteiger partial charge is 0.248 e. The van der Waals surface area contributed by atoms with Crippen LogP contribution in [0.3, 0.4) is 0 Å². The lowest BCUT2D eigenvalue weighted by Crippen LogP contribution is -2.49. The molecule has 0 saturated heterocycles. The van der Waals surface area contributed by atoms with Gasteiger partial charge in [-0.1, -0.05) is 35.9 Å². The van der Waals surface area contributed by atoms with Crippen LogP contribution < -0.4 is 5.32 Å². The van der Waals surface area contributed by atoms with Gasteiger partial charge in [0.25, 0.3) is 0 Å². The van der Waals surface area contributed by atoms with Crippen molar-refractivity contribution in [2.75, 3.05) is 0 Å². The standard InChI is InChI=1S/C25H27ClN6O3S/c1-16-11-12-19(35-16)23-28-30-32(29-23)15-21(33)31(14-17-8-5-6-9-18(17)26)22(20-10-7-13-36-20)24(34)27-25(2,3)4/h5-13,22H,14-15H2,1-4H3,(H,27,34)/t22-/m0/s1. The third-order valence-corrected chi connectivity index (χ3v) is 6.47. The van der Waals surface area contributed by atoms with Crippen molar-refractivity contribution in [3.8, 4) is 11.6 Å². The van der Waals surface area contributed by atoms with Gasteiger partial charge < -0.3 is 14.6 Å². The minimum atomic E-state index is -0.872. The Kier molecular flexibility index (Phi) is 7.56. The van der Waals surface area contributed by atoms with Gasteiger partial charge in [0.1, 0.15) is 18.3 Å². The number of carbonyl (C=O) groups is 2. The van der Waals surface area contributed by atoms with Crippen molar-refractivity contribution in [1.29, 1.82) is 0 Å². The number of benzene rings is 1. The molecule has 0 aliphatic rings. The zero-order valence-electron chi connectivity index (χ0n) is 20.4. The molecule has 4 rings (SSSR count). The fourth-order valence-corrected chi connectivity index (χ4v) is 4.65. The largest absolute Gasteiger partial charge is 0.458 e. The Hall–Kier alpha value is -3.50. The number of hydrogen-bond acceptors (Lipinski definition) is 7. The van der Waals surface area contributed by atoms with Crippen LogP contribution in [0.4, 0.5) is 0 Å². The summed E-state index contributed by atoms with van der Waals surface area (Å²) in [5, 5.41) is 17.7. The predicted octanol–water partition coefficient (Wildman–Crippen LogP) is 4.64. The number of nitrogens with one attached hydrogen (secondary N) is 1. The summed E-state index contributed by atoms with van der Waals surface area (Å²) >= 11 is 7.84. The summed E-state index contributed by atoms with van der Waals surface area (Å²) in [6.07, 6.45) is 0. The second-order valence-corrected chi connectivity index (χ2v) is 10.7. The van der Waals surface area contributed by atoms with Crippen LogP contribution in [0, 0.1) is 6.92 Å². The molecule has 2 amide bonds. The minimum Gasteiger partial charge on any atom is -0.458 e. The molecule has 0 fully saturated rings. The van der Waals surface area contributed by atoms with E-state index >= 15 is 0 Å². The first-order valence-electron chi connectivity index (χ1n) is 11.3. The third-order valence-electron chi connectivity index (χ3n) is 5.18. The monoisotopic (exact) mass is 526 g/mol. The number of furan rings is 1. The van der Waals surface area contributed by atoms with Crippen LogP contribution in [-0.2, 0) is 22.7 Å². The first-order valence-corrected chi connectivity index (χ1v) is 12.6. The van der Waals surface area contributed by atoms with Crippen LogP contribution in [0.15, 0.2) is 58.3 Å². The van der Waals surface area contributed by atoms with Crippen LogP contribution >= 0.6 is 22.9 Å². The van der Waals surface area contributed by atoms with Gasteiger partial charge in [0.05, 0.1) is 0 Å². The number of rotatable bonds is 8. The van der Waals surface area contributed by atoms with E-state index in [4.69, 9.17) is 16.0 Å². The van der Waals surface area contributed by atoms with Crippen molar-refractivity contribution in [3.63, 3.8) is 0 Å². The van der Waals surface area contributed by atoms with Crippen LogP contribution in [-0.4, -0.2) is 42.5 Å². The Bertz CT molecular complexity index is 1340. The number of nitrogens with zero attached hydrogens (tertiary/aromatic N) is 5. The summed E-state index contributed by atoms with van der Waals surface area (Å²) in [5.41, 5.74) is 0.228. The van der Waals surface area contributed by atoms with Gasteiger partial charge >= 0.3 is 0 Å². The molecule has 0 saturated carbocycles. The molecule has 36 heavy (non-hydrogen) atoms. The van der Waals surface area contributed by atoms with Gasteiger partial charge in [-0.3, -0.25) is 9.59 Å². The number of halogens is 1. The molecule has 9 nitrogen and oxygen atoms in total. The Balaban J connectivity index is 1.67. The van der Waals surface area contributed by atoms with Gasteiger partial charge in [-0.2, -0.15) is 4.80 Å². The maximum atomic E-state index is 13.7. The molecule has 3 aromatic heterocycles. The Morgan fingerprint density at radius 2 is 1.94 bits per heavy atom. The van der Waals surface area contributed by atoms with Crippen molar-refractivity contribution in [1.82, 2.24) is 30.4 Å².